The Morgan fingerprint density at radius 2 is 1.70 bits per heavy atom. The summed E-state index contributed by atoms with van der Waals surface area (Å²) in [6.07, 6.45) is 5.98. The number of benzene rings is 3. The zero-order valence-corrected chi connectivity index (χ0v) is 18.4. The van der Waals surface area contributed by atoms with Crippen LogP contribution in [0.15, 0.2) is 84.9 Å². The number of rotatable bonds is 9. The molecule has 0 radical (unpaired) electrons. The number of carbonyl (C=O) groups excluding carboxylic acids is 2. The van der Waals surface area contributed by atoms with Crippen LogP contribution in [0, 0.1) is 11.7 Å². The van der Waals surface area contributed by atoms with Gasteiger partial charge in [0, 0.05) is 18.3 Å². The van der Waals surface area contributed by atoms with Gasteiger partial charge in [0.2, 0.25) is 5.91 Å². The smallest absolute Gasteiger partial charge is 0.251 e. The van der Waals surface area contributed by atoms with Crippen molar-refractivity contribution in [1.29, 1.82) is 0 Å². The normalized spacial score (nSPS) is 13.1. The van der Waals surface area contributed by atoms with E-state index in [0.29, 0.717) is 23.6 Å². The Morgan fingerprint density at radius 1 is 0.939 bits per heavy atom. The molecule has 4 nitrogen and oxygen atoms in total. The Morgan fingerprint density at radius 3 is 2.39 bits per heavy atom. The van der Waals surface area contributed by atoms with Crippen LogP contribution in [0.25, 0.3) is 6.08 Å². The molecule has 5 heteroatoms. The zero-order chi connectivity index (χ0) is 23.0. The topological polar surface area (TPSA) is 49.4 Å². The van der Waals surface area contributed by atoms with E-state index in [4.69, 9.17) is 0 Å². The van der Waals surface area contributed by atoms with E-state index >= 15 is 0 Å². The van der Waals surface area contributed by atoms with Crippen LogP contribution in [0.1, 0.15) is 29.5 Å². The van der Waals surface area contributed by atoms with Gasteiger partial charge in [-0.05, 0) is 65.8 Å². The summed E-state index contributed by atoms with van der Waals surface area (Å²) in [5.74, 6) is 0.0983. The maximum absolute atomic E-state index is 13.7. The van der Waals surface area contributed by atoms with E-state index in [1.165, 1.54) is 31.1 Å². The third-order valence-corrected chi connectivity index (χ3v) is 5.61. The molecule has 0 heterocycles. The maximum atomic E-state index is 13.7. The molecule has 3 aromatic carbocycles. The van der Waals surface area contributed by atoms with Gasteiger partial charge >= 0.3 is 0 Å². The number of carbonyl (C=O) groups is 2. The van der Waals surface area contributed by atoms with Gasteiger partial charge in [-0.3, -0.25) is 9.59 Å². The summed E-state index contributed by atoms with van der Waals surface area (Å²) in [6, 6.07) is 23.2. The molecule has 0 bridgehead atoms. The molecular weight excluding hydrogens is 415 g/mol. The highest BCUT2D eigenvalue weighted by atomic mass is 19.1. The van der Waals surface area contributed by atoms with E-state index in [-0.39, 0.29) is 24.2 Å². The van der Waals surface area contributed by atoms with Gasteiger partial charge in [-0.1, -0.05) is 54.6 Å². The lowest BCUT2D eigenvalue weighted by atomic mass is 10.1. The second-order valence-electron chi connectivity index (χ2n) is 8.39. The number of nitrogens with zero attached hydrogens (tertiary/aromatic N) is 1. The Balaban J connectivity index is 1.49. The quantitative estimate of drug-likeness (QED) is 0.467. The number of halogens is 1. The van der Waals surface area contributed by atoms with Crippen molar-refractivity contribution < 1.29 is 14.0 Å². The maximum Gasteiger partial charge on any atom is 0.251 e. The van der Waals surface area contributed by atoms with Gasteiger partial charge in [0.1, 0.15) is 5.82 Å². The standard InChI is InChI=1S/C28H27FN2O2/c29-25-8-4-7-24(17-25)20-31(28(33)16-13-21-5-2-1-3-6-21)26-14-11-22(12-15-26)18-27(32)30-19-23-9-10-23/h1-8,11-17,23H,9-10,18-20H2,(H,30,32)/b16-13+. The number of hydrogen-bond donors (Lipinski definition) is 1. The summed E-state index contributed by atoms with van der Waals surface area (Å²) in [5, 5.41) is 2.97. The fraction of sp³-hybridized carbons (Fsp3) is 0.214. The molecule has 3 aromatic rings. The summed E-state index contributed by atoms with van der Waals surface area (Å²) >= 11 is 0. The minimum Gasteiger partial charge on any atom is -0.356 e. The van der Waals surface area contributed by atoms with Gasteiger partial charge in [-0.15, -0.1) is 0 Å². The van der Waals surface area contributed by atoms with Crippen molar-refractivity contribution in [3.05, 3.63) is 107 Å². The molecule has 1 aliphatic carbocycles. The minimum atomic E-state index is -0.340. The minimum absolute atomic E-state index is 0.00753. The Bertz CT molecular complexity index is 1120. The second-order valence-corrected chi connectivity index (χ2v) is 8.39. The molecule has 1 aliphatic rings. The molecule has 4 rings (SSSR count). The van der Waals surface area contributed by atoms with E-state index in [1.807, 2.05) is 54.6 Å². The summed E-state index contributed by atoms with van der Waals surface area (Å²) in [7, 11) is 0. The van der Waals surface area contributed by atoms with E-state index < -0.39 is 0 Å². The van der Waals surface area contributed by atoms with Crippen molar-refractivity contribution in [2.24, 2.45) is 5.92 Å². The van der Waals surface area contributed by atoms with Gasteiger partial charge in [0.05, 0.1) is 13.0 Å². The zero-order valence-electron chi connectivity index (χ0n) is 18.4. The Hall–Kier alpha value is -3.73. The van der Waals surface area contributed by atoms with Crippen molar-refractivity contribution >= 4 is 23.6 Å². The first kappa shape index (κ1) is 22.5. The third kappa shape index (κ3) is 6.88. The molecule has 2 amide bonds. The van der Waals surface area contributed by atoms with Crippen molar-refractivity contribution in [1.82, 2.24) is 5.32 Å². The Kier molecular flexibility index (Phi) is 7.30. The van der Waals surface area contributed by atoms with Gasteiger partial charge in [-0.2, -0.15) is 0 Å². The van der Waals surface area contributed by atoms with Gasteiger partial charge in [0.25, 0.3) is 5.91 Å². The van der Waals surface area contributed by atoms with Crippen LogP contribution in [0.2, 0.25) is 0 Å². The summed E-state index contributed by atoms with van der Waals surface area (Å²) < 4.78 is 13.7. The molecule has 33 heavy (non-hydrogen) atoms. The van der Waals surface area contributed by atoms with Crippen molar-refractivity contribution in [3.8, 4) is 0 Å². The van der Waals surface area contributed by atoms with E-state index in [1.54, 1.807) is 23.1 Å². The van der Waals surface area contributed by atoms with E-state index in [9.17, 15) is 14.0 Å². The van der Waals surface area contributed by atoms with Crippen LogP contribution in [-0.4, -0.2) is 18.4 Å². The van der Waals surface area contributed by atoms with Crippen LogP contribution >= 0.6 is 0 Å². The highest BCUT2D eigenvalue weighted by molar-refractivity contribution is 6.03. The first-order valence-corrected chi connectivity index (χ1v) is 11.2. The molecule has 0 unspecified atom stereocenters. The van der Waals surface area contributed by atoms with E-state index in [0.717, 1.165) is 17.7 Å². The van der Waals surface area contributed by atoms with Crippen LogP contribution < -0.4 is 10.2 Å². The van der Waals surface area contributed by atoms with Gasteiger partial charge in [0.15, 0.2) is 0 Å². The number of nitrogens with one attached hydrogen (secondary N) is 1. The molecule has 0 spiro atoms. The van der Waals surface area contributed by atoms with Crippen LogP contribution in [-0.2, 0) is 22.6 Å². The fourth-order valence-corrected chi connectivity index (χ4v) is 3.56. The fourth-order valence-electron chi connectivity index (χ4n) is 3.56. The van der Waals surface area contributed by atoms with E-state index in [2.05, 4.69) is 5.32 Å². The third-order valence-electron chi connectivity index (χ3n) is 5.61. The molecule has 1 fully saturated rings. The van der Waals surface area contributed by atoms with Crippen molar-refractivity contribution in [2.75, 3.05) is 11.4 Å². The average Bonchev–Trinajstić information content (AvgIpc) is 3.66. The lowest BCUT2D eigenvalue weighted by molar-refractivity contribution is -0.120. The summed E-state index contributed by atoms with van der Waals surface area (Å²) in [6.45, 7) is 0.984. The highest BCUT2D eigenvalue weighted by Crippen LogP contribution is 2.27. The lowest BCUT2D eigenvalue weighted by Crippen LogP contribution is -2.29. The molecule has 168 valence electrons. The first-order valence-electron chi connectivity index (χ1n) is 11.2. The number of hydrogen-bond acceptors (Lipinski definition) is 2. The van der Waals surface area contributed by atoms with Crippen LogP contribution in [0.5, 0.6) is 0 Å². The number of amides is 2. The van der Waals surface area contributed by atoms with Crippen molar-refractivity contribution in [2.45, 2.75) is 25.8 Å². The molecule has 1 saturated carbocycles. The number of anilines is 1. The van der Waals surface area contributed by atoms with Gasteiger partial charge in [-0.25, -0.2) is 4.39 Å². The first-order chi connectivity index (χ1) is 16.1. The SMILES string of the molecule is O=C(Cc1ccc(N(Cc2cccc(F)c2)C(=O)/C=C/c2ccccc2)cc1)NCC1CC1. The summed E-state index contributed by atoms with van der Waals surface area (Å²) in [4.78, 5) is 26.9. The molecule has 0 aromatic heterocycles. The van der Waals surface area contributed by atoms with Crippen LogP contribution in [0.4, 0.5) is 10.1 Å². The highest BCUT2D eigenvalue weighted by Gasteiger charge is 2.21. The van der Waals surface area contributed by atoms with Gasteiger partial charge < -0.3 is 10.2 Å². The molecule has 0 atom stereocenters. The summed E-state index contributed by atoms with van der Waals surface area (Å²) in [5.41, 5.74) is 3.18. The average molecular weight is 443 g/mol. The molecular formula is C28H27FN2O2. The monoisotopic (exact) mass is 442 g/mol. The molecule has 0 aliphatic heterocycles. The second kappa shape index (κ2) is 10.7. The van der Waals surface area contributed by atoms with Crippen molar-refractivity contribution in [3.63, 3.8) is 0 Å². The van der Waals surface area contributed by atoms with Crippen LogP contribution in [0.3, 0.4) is 0 Å². The molecule has 1 N–H and O–H groups in total. The predicted molar refractivity (Wildman–Crippen MR) is 129 cm³/mol. The Labute approximate surface area is 193 Å². The molecule has 0 saturated heterocycles. The predicted octanol–water partition coefficient (Wildman–Crippen LogP) is 5.14. The largest absolute Gasteiger partial charge is 0.356 e. The lowest BCUT2D eigenvalue weighted by Gasteiger charge is -2.22.